The second-order valence-electron chi connectivity index (χ2n) is 0.224. The van der Waals surface area contributed by atoms with Crippen molar-refractivity contribution in [2.24, 2.45) is 0 Å². The first-order valence-electron chi connectivity index (χ1n) is 0.548. The summed E-state index contributed by atoms with van der Waals surface area (Å²) in [6.07, 6.45) is 0. The van der Waals surface area contributed by atoms with Crippen molar-refractivity contribution in [3.05, 3.63) is 15.3 Å². The summed E-state index contributed by atoms with van der Waals surface area (Å²) in [6, 6.07) is 0. The van der Waals surface area contributed by atoms with E-state index in [1.54, 1.807) is 0 Å². The number of hydrogen-bond acceptors (Lipinski definition) is 3. The van der Waals surface area contributed by atoms with Crippen LogP contribution in [0.4, 0.5) is 0 Å². The molecule has 0 rings (SSSR count). The van der Waals surface area contributed by atoms with Crippen LogP contribution < -0.4 is 6.15 Å². The van der Waals surface area contributed by atoms with E-state index < -0.39 is 5.09 Å². The van der Waals surface area contributed by atoms with Gasteiger partial charge >= 0.3 is 0 Å². The van der Waals surface area contributed by atoms with Crippen molar-refractivity contribution >= 4 is 0 Å². The summed E-state index contributed by atoms with van der Waals surface area (Å²) in [5.74, 6) is 0. The van der Waals surface area contributed by atoms with Gasteiger partial charge in [0.05, 0.1) is 5.09 Å². The molecule has 5 nitrogen and oxygen atoms in total. The van der Waals surface area contributed by atoms with Gasteiger partial charge in [0.15, 0.2) is 0 Å². The molecule has 0 radical (unpaired) electrons. The van der Waals surface area contributed by atoms with Gasteiger partial charge in [0.1, 0.15) is 0 Å². The summed E-state index contributed by atoms with van der Waals surface area (Å²) in [7, 11) is 0. The van der Waals surface area contributed by atoms with Gasteiger partial charge in [0, 0.05) is 27.7 Å². The van der Waals surface area contributed by atoms with Gasteiger partial charge in [-0.15, -0.1) is 0 Å². The minimum atomic E-state index is -1.75. The molecule has 4 N–H and O–H groups in total. The molecule has 0 saturated carbocycles. The number of hydrogen-bond donors (Lipinski definition) is 1. The van der Waals surface area contributed by atoms with Crippen LogP contribution in [0.15, 0.2) is 0 Å². The van der Waals surface area contributed by atoms with Gasteiger partial charge in [-0.1, -0.05) is 0 Å². The standard InChI is InChI=1S/Hg.NO3.H3N/c;2-1(3)4;/h;;1H3/q;-1;/p+1. The smallest absolute Gasteiger partial charge is 0.0689 e. The Morgan fingerprint density at radius 2 is 1.33 bits per heavy atom. The molecule has 0 aliphatic rings. The Bertz CT molecular complexity index is 31.8. The van der Waals surface area contributed by atoms with Crippen LogP contribution in [0.3, 0.4) is 0 Å². The summed E-state index contributed by atoms with van der Waals surface area (Å²) in [5.41, 5.74) is 0. The summed E-state index contributed by atoms with van der Waals surface area (Å²) in [6.45, 7) is 0. The van der Waals surface area contributed by atoms with E-state index in [0.29, 0.717) is 0 Å². The summed E-state index contributed by atoms with van der Waals surface area (Å²) < 4.78 is 0. The Labute approximate surface area is 54.5 Å². The zero-order chi connectivity index (χ0) is 3.58. The molecule has 0 atom stereocenters. The van der Waals surface area contributed by atoms with E-state index in [9.17, 15) is 0 Å². The third kappa shape index (κ3) is 4340. The van der Waals surface area contributed by atoms with Crippen LogP contribution in [0.2, 0.25) is 0 Å². The van der Waals surface area contributed by atoms with Crippen LogP contribution in [0.1, 0.15) is 0 Å². The summed E-state index contributed by atoms with van der Waals surface area (Å²) >= 11 is 0. The van der Waals surface area contributed by atoms with Gasteiger partial charge < -0.3 is 21.5 Å². The molecule has 0 unspecified atom stereocenters. The van der Waals surface area contributed by atoms with E-state index >= 15 is 0 Å². The topological polar surface area (TPSA) is 103 Å². The minimum absolute atomic E-state index is 0. The van der Waals surface area contributed by atoms with Crippen LogP contribution in [-0.4, -0.2) is 5.09 Å². The molecule has 0 bridgehead atoms. The fourth-order valence-corrected chi connectivity index (χ4v) is 0. The Morgan fingerprint density at radius 1 is 1.33 bits per heavy atom. The molecule has 6 heteroatoms. The van der Waals surface area contributed by atoms with Crippen LogP contribution in [0.5, 0.6) is 0 Å². The van der Waals surface area contributed by atoms with E-state index in [-0.39, 0.29) is 33.8 Å². The minimum Gasteiger partial charge on any atom is -0.369 e. The second kappa shape index (κ2) is 8.92. The van der Waals surface area contributed by atoms with Crippen molar-refractivity contribution in [3.63, 3.8) is 0 Å². The predicted molar refractivity (Wildman–Crippen MR) is 16.3 cm³/mol. The first-order chi connectivity index (χ1) is 1.73. The average molecular weight is 281 g/mol. The normalized spacial score (nSPS) is 4.00. The van der Waals surface area contributed by atoms with Crippen LogP contribution >= 0.6 is 0 Å². The quantitative estimate of drug-likeness (QED) is 0.387. The number of quaternary nitrogens is 1. The van der Waals surface area contributed by atoms with Crippen molar-refractivity contribution in [1.29, 1.82) is 0 Å². The second-order valence-corrected chi connectivity index (χ2v) is 0.224. The third-order valence-electron chi connectivity index (χ3n) is 0. The Kier molecular flexibility index (Phi) is 24.6. The molecule has 0 heterocycles. The molecule has 0 aromatic carbocycles. The zero-order valence-electron chi connectivity index (χ0n) is 3.38. The van der Waals surface area contributed by atoms with E-state index in [1.165, 1.54) is 0 Å². The average Bonchev–Trinajstić information content (AvgIpc) is 0.811. The monoisotopic (exact) mass is 282 g/mol. The predicted octanol–water partition coefficient (Wildman–Crippen LogP) is 0.135. The molecule has 0 saturated heterocycles. The van der Waals surface area contributed by atoms with Gasteiger partial charge in [0.2, 0.25) is 0 Å². The molecule has 0 amide bonds. The molecule has 0 aromatic rings. The fourth-order valence-electron chi connectivity index (χ4n) is 0. The Hall–Kier alpha value is 0.0951. The van der Waals surface area contributed by atoms with Gasteiger partial charge in [-0.25, -0.2) is 0 Å². The summed E-state index contributed by atoms with van der Waals surface area (Å²) in [4.78, 5) is 8.25. The maximum atomic E-state index is 8.25. The van der Waals surface area contributed by atoms with Crippen LogP contribution in [0, 0.1) is 15.3 Å². The molecular formula is H4HgN2O3. The van der Waals surface area contributed by atoms with Gasteiger partial charge in [-0.2, -0.15) is 0 Å². The molecule has 0 aromatic heterocycles. The van der Waals surface area contributed by atoms with Crippen molar-refractivity contribution < 1.29 is 32.8 Å². The largest absolute Gasteiger partial charge is 0.369 e. The first-order valence-corrected chi connectivity index (χ1v) is 0.548. The van der Waals surface area contributed by atoms with Crippen LogP contribution in [0.25, 0.3) is 0 Å². The molecule has 0 fully saturated rings. The maximum Gasteiger partial charge on any atom is 0.0689 e. The van der Waals surface area contributed by atoms with Crippen molar-refractivity contribution in [3.8, 4) is 0 Å². The van der Waals surface area contributed by atoms with E-state index in [1.807, 2.05) is 0 Å². The van der Waals surface area contributed by atoms with Crippen molar-refractivity contribution in [2.75, 3.05) is 0 Å². The summed E-state index contributed by atoms with van der Waals surface area (Å²) in [5, 5.41) is 14.8. The molecule has 34 valence electrons. The molecule has 0 aliphatic carbocycles. The fraction of sp³-hybridized carbons (Fsp3) is 0. The Balaban J connectivity index is -0.0000000450. The van der Waals surface area contributed by atoms with Gasteiger partial charge in [0.25, 0.3) is 0 Å². The van der Waals surface area contributed by atoms with Crippen molar-refractivity contribution in [1.82, 2.24) is 6.15 Å². The third-order valence-corrected chi connectivity index (χ3v) is 0. The number of nitrogens with zero attached hydrogens (tertiary/aromatic N) is 1. The molecule has 0 aliphatic heterocycles. The van der Waals surface area contributed by atoms with E-state index in [2.05, 4.69) is 0 Å². The first kappa shape index (κ1) is 16.5. The van der Waals surface area contributed by atoms with E-state index in [0.717, 1.165) is 0 Å². The maximum absolute atomic E-state index is 8.25. The molecule has 0 spiro atoms. The Morgan fingerprint density at radius 3 is 1.33 bits per heavy atom. The molecule has 6 heavy (non-hydrogen) atoms. The van der Waals surface area contributed by atoms with Gasteiger partial charge in [-0.3, -0.25) is 0 Å². The zero-order valence-corrected chi connectivity index (χ0v) is 8.88. The van der Waals surface area contributed by atoms with E-state index in [4.69, 9.17) is 15.3 Å². The molecular weight excluding hydrogens is 277 g/mol. The SMILES string of the molecule is O=[N+]([O-])[O-].[Hg].[NH4+]. The van der Waals surface area contributed by atoms with Crippen LogP contribution in [-0.2, 0) is 27.7 Å². The number of rotatable bonds is 0. The van der Waals surface area contributed by atoms with Gasteiger partial charge in [-0.05, 0) is 0 Å². The van der Waals surface area contributed by atoms with Crippen molar-refractivity contribution in [2.45, 2.75) is 0 Å².